The summed E-state index contributed by atoms with van der Waals surface area (Å²) in [4.78, 5) is 0. The highest BCUT2D eigenvalue weighted by Gasteiger charge is 2.11. The van der Waals surface area contributed by atoms with Gasteiger partial charge in [0.15, 0.2) is 5.82 Å². The number of aromatic nitrogens is 4. The fourth-order valence-corrected chi connectivity index (χ4v) is 3.17. The van der Waals surface area contributed by atoms with Gasteiger partial charge in [-0.3, -0.25) is 5.10 Å². The van der Waals surface area contributed by atoms with E-state index in [2.05, 4.69) is 64.9 Å². The van der Waals surface area contributed by atoms with Crippen molar-refractivity contribution in [2.75, 3.05) is 0 Å². The molecule has 0 fully saturated rings. The molecule has 2 heterocycles. The zero-order valence-electron chi connectivity index (χ0n) is 13.7. The van der Waals surface area contributed by atoms with Crippen LogP contribution in [0.15, 0.2) is 29.4 Å². The van der Waals surface area contributed by atoms with E-state index in [4.69, 9.17) is 12.2 Å². The average Bonchev–Trinajstić information content (AvgIpc) is 3.03. The lowest BCUT2D eigenvalue weighted by Crippen LogP contribution is -2.00. The molecule has 0 amide bonds. The first-order valence-electron chi connectivity index (χ1n) is 7.95. The minimum Gasteiger partial charge on any atom is -0.344 e. The lowest BCUT2D eigenvalue weighted by atomic mass is 10.1. The van der Waals surface area contributed by atoms with Crippen molar-refractivity contribution in [2.45, 2.75) is 40.2 Å². The first-order valence-corrected chi connectivity index (χ1v) is 8.36. The molecular formula is C17H21N5S. The summed E-state index contributed by atoms with van der Waals surface area (Å²) in [6.07, 6.45) is 3.75. The van der Waals surface area contributed by atoms with Gasteiger partial charge in [0, 0.05) is 35.1 Å². The number of rotatable bonds is 5. The van der Waals surface area contributed by atoms with Crippen molar-refractivity contribution in [3.8, 4) is 0 Å². The number of fused-ring (bicyclic) bond motifs is 1. The van der Waals surface area contributed by atoms with Gasteiger partial charge in [-0.05, 0) is 38.6 Å². The van der Waals surface area contributed by atoms with Crippen molar-refractivity contribution < 1.29 is 0 Å². The zero-order chi connectivity index (χ0) is 16.4. The number of hydrogen-bond acceptors (Lipinski definition) is 3. The lowest BCUT2D eigenvalue weighted by Gasteiger charge is -2.03. The van der Waals surface area contributed by atoms with Gasteiger partial charge in [0.05, 0.1) is 6.21 Å². The van der Waals surface area contributed by atoms with E-state index in [9.17, 15) is 0 Å². The van der Waals surface area contributed by atoms with E-state index in [-0.39, 0.29) is 0 Å². The molecule has 0 saturated carbocycles. The Morgan fingerprint density at radius 1 is 1.30 bits per heavy atom. The highest BCUT2D eigenvalue weighted by molar-refractivity contribution is 7.71. The molecule has 0 atom stereocenters. The summed E-state index contributed by atoms with van der Waals surface area (Å²) in [6, 6.07) is 8.41. The van der Waals surface area contributed by atoms with Crippen LogP contribution < -0.4 is 0 Å². The maximum absolute atomic E-state index is 5.29. The van der Waals surface area contributed by atoms with Gasteiger partial charge in [0.1, 0.15) is 0 Å². The van der Waals surface area contributed by atoms with Gasteiger partial charge >= 0.3 is 0 Å². The van der Waals surface area contributed by atoms with Crippen molar-refractivity contribution in [1.29, 1.82) is 0 Å². The van der Waals surface area contributed by atoms with Gasteiger partial charge in [-0.15, -0.1) is 0 Å². The van der Waals surface area contributed by atoms with Gasteiger partial charge in [0.25, 0.3) is 0 Å². The van der Waals surface area contributed by atoms with E-state index in [0.717, 1.165) is 30.8 Å². The molecule has 0 spiro atoms. The van der Waals surface area contributed by atoms with Crippen molar-refractivity contribution in [3.63, 3.8) is 0 Å². The predicted octanol–water partition coefficient (Wildman–Crippen LogP) is 4.06. The minimum atomic E-state index is 0.529. The Kier molecular flexibility index (Phi) is 4.43. The van der Waals surface area contributed by atoms with Crippen LogP contribution in [0.4, 0.5) is 0 Å². The predicted molar refractivity (Wildman–Crippen MR) is 96.7 cm³/mol. The Morgan fingerprint density at radius 2 is 2.09 bits per heavy atom. The molecule has 120 valence electrons. The Morgan fingerprint density at radius 3 is 2.83 bits per heavy atom. The number of hydrogen-bond donors (Lipinski definition) is 1. The zero-order valence-corrected chi connectivity index (χ0v) is 14.5. The number of aryl methyl sites for hydroxylation is 2. The Balaban J connectivity index is 2.11. The van der Waals surface area contributed by atoms with E-state index >= 15 is 0 Å². The molecule has 6 heteroatoms. The van der Waals surface area contributed by atoms with Crippen molar-refractivity contribution >= 4 is 29.3 Å². The Labute approximate surface area is 140 Å². The maximum atomic E-state index is 5.29. The third-order valence-corrected chi connectivity index (χ3v) is 4.35. The molecule has 0 bridgehead atoms. The van der Waals surface area contributed by atoms with Crippen LogP contribution in [0, 0.1) is 11.7 Å². The molecule has 0 aliphatic rings. The molecule has 0 saturated heterocycles. The van der Waals surface area contributed by atoms with Crippen LogP contribution in [0.1, 0.15) is 37.4 Å². The summed E-state index contributed by atoms with van der Waals surface area (Å²) in [6.45, 7) is 7.34. The van der Waals surface area contributed by atoms with Gasteiger partial charge in [-0.1, -0.05) is 25.1 Å². The van der Waals surface area contributed by atoms with Gasteiger partial charge in [-0.25, -0.2) is 0 Å². The van der Waals surface area contributed by atoms with Gasteiger partial charge in [-0.2, -0.15) is 14.9 Å². The largest absolute Gasteiger partial charge is 0.344 e. The van der Waals surface area contributed by atoms with Crippen LogP contribution in [0.5, 0.6) is 0 Å². The number of para-hydroxylation sites is 1. The van der Waals surface area contributed by atoms with Crippen molar-refractivity contribution in [2.24, 2.45) is 5.10 Å². The summed E-state index contributed by atoms with van der Waals surface area (Å²) in [5.74, 6) is 0.866. The molecule has 0 radical (unpaired) electrons. The monoisotopic (exact) mass is 327 g/mol. The highest BCUT2D eigenvalue weighted by atomic mass is 32.1. The molecule has 0 unspecified atom stereocenters. The topological polar surface area (TPSA) is 50.9 Å². The van der Waals surface area contributed by atoms with Crippen molar-refractivity contribution in [1.82, 2.24) is 19.4 Å². The second-order valence-electron chi connectivity index (χ2n) is 5.51. The Bertz CT molecular complexity index is 913. The Hall–Kier alpha value is -2.21. The van der Waals surface area contributed by atoms with E-state index in [1.165, 1.54) is 16.6 Å². The molecule has 5 nitrogen and oxygen atoms in total. The second kappa shape index (κ2) is 6.50. The summed E-state index contributed by atoms with van der Waals surface area (Å²) in [5, 5.41) is 12.9. The van der Waals surface area contributed by atoms with Crippen LogP contribution in [-0.4, -0.2) is 25.7 Å². The van der Waals surface area contributed by atoms with Gasteiger partial charge < -0.3 is 4.57 Å². The molecule has 1 aromatic carbocycles. The highest BCUT2D eigenvalue weighted by Crippen LogP contribution is 2.24. The van der Waals surface area contributed by atoms with Crippen LogP contribution in [0.2, 0.25) is 0 Å². The van der Waals surface area contributed by atoms with E-state index in [1.54, 1.807) is 4.68 Å². The first-order chi connectivity index (χ1) is 11.2. The minimum absolute atomic E-state index is 0.529. The molecule has 3 aromatic rings. The molecule has 0 aliphatic carbocycles. The molecule has 2 aromatic heterocycles. The molecule has 0 aliphatic heterocycles. The maximum Gasteiger partial charge on any atom is 0.216 e. The second-order valence-corrected chi connectivity index (χ2v) is 5.90. The average molecular weight is 327 g/mol. The number of nitrogens with zero attached hydrogens (tertiary/aromatic N) is 4. The normalized spacial score (nSPS) is 11.8. The number of benzene rings is 1. The molecule has 23 heavy (non-hydrogen) atoms. The van der Waals surface area contributed by atoms with Crippen LogP contribution in [0.25, 0.3) is 10.9 Å². The summed E-state index contributed by atoms with van der Waals surface area (Å²) < 4.78 is 4.55. The van der Waals surface area contributed by atoms with E-state index in [1.807, 2.05) is 6.21 Å². The standard InChI is InChI=1S/C17H21N5S/c1-4-8-16-19-20-17(23)22(16)18-11-14-12(3)21(5-2)15-10-7-6-9-13(14)15/h6-7,9-11H,4-5,8H2,1-3H3,(H,20,23)/b18-11-. The third-order valence-electron chi connectivity index (χ3n) is 4.09. The van der Waals surface area contributed by atoms with Crippen LogP contribution in [-0.2, 0) is 13.0 Å². The number of H-pyrrole nitrogens is 1. The van der Waals surface area contributed by atoms with E-state index < -0.39 is 0 Å². The SMILES string of the molecule is CCCc1n[nH]c(=S)n1/N=C\c1c(C)n(CC)c2ccccc12. The fraction of sp³-hybridized carbons (Fsp3) is 0.353. The molecular weight excluding hydrogens is 306 g/mol. The molecule has 3 rings (SSSR count). The van der Waals surface area contributed by atoms with Crippen molar-refractivity contribution in [3.05, 3.63) is 46.1 Å². The summed E-state index contributed by atoms with van der Waals surface area (Å²) >= 11 is 5.29. The van der Waals surface area contributed by atoms with Crippen LogP contribution in [0.3, 0.4) is 0 Å². The van der Waals surface area contributed by atoms with E-state index in [0.29, 0.717) is 4.77 Å². The lowest BCUT2D eigenvalue weighted by molar-refractivity contribution is 0.739. The number of nitrogens with one attached hydrogen (secondary N) is 1. The fourth-order valence-electron chi connectivity index (χ4n) is 2.97. The first kappa shape index (κ1) is 15.7. The number of aromatic amines is 1. The smallest absolute Gasteiger partial charge is 0.216 e. The summed E-state index contributed by atoms with van der Waals surface area (Å²) in [7, 11) is 0. The van der Waals surface area contributed by atoms with Crippen LogP contribution >= 0.6 is 12.2 Å². The van der Waals surface area contributed by atoms with Gasteiger partial charge in [0.2, 0.25) is 4.77 Å². The third kappa shape index (κ3) is 2.74. The molecule has 1 N–H and O–H groups in total. The summed E-state index contributed by atoms with van der Waals surface area (Å²) in [5.41, 5.74) is 3.58. The quantitative estimate of drug-likeness (QED) is 0.567.